The van der Waals surface area contributed by atoms with Gasteiger partial charge in [0, 0.05) is 19.6 Å². The van der Waals surface area contributed by atoms with Crippen LogP contribution in [0.15, 0.2) is 48.8 Å². The summed E-state index contributed by atoms with van der Waals surface area (Å²) in [5, 5.41) is 3.44. The maximum atomic E-state index is 4.34. The lowest BCUT2D eigenvalue weighted by Gasteiger charge is -2.18. The van der Waals surface area contributed by atoms with E-state index in [4.69, 9.17) is 0 Å². The van der Waals surface area contributed by atoms with E-state index >= 15 is 0 Å². The zero-order valence-corrected chi connectivity index (χ0v) is 11.0. The molecule has 1 aliphatic heterocycles. The van der Waals surface area contributed by atoms with E-state index in [-0.39, 0.29) is 0 Å². The molecule has 1 fully saturated rings. The van der Waals surface area contributed by atoms with E-state index in [1.165, 1.54) is 24.1 Å². The molecule has 0 radical (unpaired) electrons. The number of nitrogens with zero attached hydrogens (tertiary/aromatic N) is 2. The average molecular weight is 253 g/mol. The molecule has 0 atom stereocenters. The van der Waals surface area contributed by atoms with E-state index in [9.17, 15) is 0 Å². The van der Waals surface area contributed by atoms with Crippen LogP contribution in [0.4, 0.5) is 11.4 Å². The van der Waals surface area contributed by atoms with Gasteiger partial charge in [0.2, 0.25) is 0 Å². The fraction of sp³-hybridized carbons (Fsp3) is 0.312. The number of hydrogen-bond acceptors (Lipinski definition) is 3. The summed E-state index contributed by atoms with van der Waals surface area (Å²) in [4.78, 5) is 6.74. The SMILES string of the molecule is c1ccc(CNc2cncc(N3CCCC3)c2)cc1. The molecule has 2 aromatic rings. The monoisotopic (exact) mass is 253 g/mol. The van der Waals surface area contributed by atoms with E-state index in [1.54, 1.807) is 0 Å². The van der Waals surface area contributed by atoms with E-state index in [1.807, 2.05) is 18.5 Å². The third-order valence-corrected chi connectivity index (χ3v) is 3.53. The van der Waals surface area contributed by atoms with Crippen LogP contribution in [0.1, 0.15) is 18.4 Å². The van der Waals surface area contributed by atoms with Crippen LogP contribution in [0.2, 0.25) is 0 Å². The van der Waals surface area contributed by atoms with Crippen molar-refractivity contribution in [2.45, 2.75) is 19.4 Å². The second-order valence-electron chi connectivity index (χ2n) is 4.97. The predicted molar refractivity (Wildman–Crippen MR) is 79.5 cm³/mol. The van der Waals surface area contributed by atoms with Crippen LogP contribution in [0.5, 0.6) is 0 Å². The van der Waals surface area contributed by atoms with E-state index in [2.05, 4.69) is 45.5 Å². The summed E-state index contributed by atoms with van der Waals surface area (Å²) >= 11 is 0. The fourth-order valence-corrected chi connectivity index (χ4v) is 2.47. The smallest absolute Gasteiger partial charge is 0.0573 e. The summed E-state index contributed by atoms with van der Waals surface area (Å²) in [5.74, 6) is 0. The highest BCUT2D eigenvalue weighted by atomic mass is 15.1. The predicted octanol–water partition coefficient (Wildman–Crippen LogP) is 3.29. The largest absolute Gasteiger partial charge is 0.380 e. The Bertz CT molecular complexity index is 519. The molecule has 0 spiro atoms. The Balaban J connectivity index is 1.66. The number of rotatable bonds is 4. The van der Waals surface area contributed by atoms with Crippen LogP contribution in [-0.4, -0.2) is 18.1 Å². The number of pyridine rings is 1. The van der Waals surface area contributed by atoms with Crippen LogP contribution in [0.25, 0.3) is 0 Å². The Labute approximate surface area is 114 Å². The molecule has 0 saturated carbocycles. The van der Waals surface area contributed by atoms with Gasteiger partial charge in [0.05, 0.1) is 23.8 Å². The zero-order chi connectivity index (χ0) is 12.9. The highest BCUT2D eigenvalue weighted by Gasteiger charge is 2.12. The van der Waals surface area contributed by atoms with Crippen LogP contribution >= 0.6 is 0 Å². The molecule has 0 amide bonds. The minimum absolute atomic E-state index is 0.839. The molecule has 1 aromatic carbocycles. The first-order valence-electron chi connectivity index (χ1n) is 6.89. The van der Waals surface area contributed by atoms with Crippen molar-refractivity contribution in [2.75, 3.05) is 23.3 Å². The molecule has 1 aromatic heterocycles. The van der Waals surface area contributed by atoms with Crippen molar-refractivity contribution in [3.05, 3.63) is 54.4 Å². The minimum Gasteiger partial charge on any atom is -0.380 e. The van der Waals surface area contributed by atoms with Crippen molar-refractivity contribution in [3.8, 4) is 0 Å². The van der Waals surface area contributed by atoms with Crippen LogP contribution < -0.4 is 10.2 Å². The molecule has 1 N–H and O–H groups in total. The third kappa shape index (κ3) is 3.05. The van der Waals surface area contributed by atoms with Gasteiger partial charge in [0.15, 0.2) is 0 Å². The topological polar surface area (TPSA) is 28.2 Å². The lowest BCUT2D eigenvalue weighted by molar-refractivity contribution is 0.949. The summed E-state index contributed by atoms with van der Waals surface area (Å²) in [6, 6.07) is 12.6. The molecular weight excluding hydrogens is 234 g/mol. The van der Waals surface area contributed by atoms with Gasteiger partial charge < -0.3 is 10.2 Å². The Morgan fingerprint density at radius 1 is 1.05 bits per heavy atom. The molecule has 3 heteroatoms. The van der Waals surface area contributed by atoms with Gasteiger partial charge in [-0.2, -0.15) is 0 Å². The first-order chi connectivity index (χ1) is 9.42. The van der Waals surface area contributed by atoms with Crippen molar-refractivity contribution in [1.29, 1.82) is 0 Å². The summed E-state index contributed by atoms with van der Waals surface area (Å²) in [6.07, 6.45) is 6.44. The Morgan fingerprint density at radius 2 is 1.84 bits per heavy atom. The van der Waals surface area contributed by atoms with Gasteiger partial charge in [0.1, 0.15) is 0 Å². The summed E-state index contributed by atoms with van der Waals surface area (Å²) in [5.41, 5.74) is 3.61. The summed E-state index contributed by atoms with van der Waals surface area (Å²) in [7, 11) is 0. The number of aromatic nitrogens is 1. The minimum atomic E-state index is 0.839. The quantitative estimate of drug-likeness (QED) is 0.906. The van der Waals surface area contributed by atoms with Gasteiger partial charge in [-0.15, -0.1) is 0 Å². The Hall–Kier alpha value is -2.03. The maximum absolute atomic E-state index is 4.34. The van der Waals surface area contributed by atoms with Crippen molar-refractivity contribution in [1.82, 2.24) is 4.98 Å². The zero-order valence-electron chi connectivity index (χ0n) is 11.0. The molecule has 19 heavy (non-hydrogen) atoms. The highest BCUT2D eigenvalue weighted by molar-refractivity contribution is 5.56. The molecule has 1 aliphatic rings. The Morgan fingerprint density at radius 3 is 2.63 bits per heavy atom. The van der Waals surface area contributed by atoms with E-state index < -0.39 is 0 Å². The van der Waals surface area contributed by atoms with Crippen molar-refractivity contribution < 1.29 is 0 Å². The lowest BCUT2D eigenvalue weighted by Crippen LogP contribution is -2.17. The van der Waals surface area contributed by atoms with Crippen molar-refractivity contribution >= 4 is 11.4 Å². The highest BCUT2D eigenvalue weighted by Crippen LogP contribution is 2.22. The van der Waals surface area contributed by atoms with Gasteiger partial charge in [-0.1, -0.05) is 30.3 Å². The van der Waals surface area contributed by atoms with Crippen LogP contribution in [0.3, 0.4) is 0 Å². The molecule has 0 bridgehead atoms. The standard InChI is InChI=1S/C16H19N3/c1-2-6-14(7-3-1)11-18-15-10-16(13-17-12-15)19-8-4-5-9-19/h1-3,6-7,10,12-13,18H,4-5,8-9,11H2. The lowest BCUT2D eigenvalue weighted by atomic mass is 10.2. The van der Waals surface area contributed by atoms with Gasteiger partial charge in [-0.25, -0.2) is 0 Å². The van der Waals surface area contributed by atoms with Crippen LogP contribution in [-0.2, 0) is 6.54 Å². The van der Waals surface area contributed by atoms with Gasteiger partial charge in [-0.3, -0.25) is 4.98 Å². The normalized spacial score (nSPS) is 14.6. The number of hydrogen-bond donors (Lipinski definition) is 1. The van der Waals surface area contributed by atoms with Crippen molar-refractivity contribution in [2.24, 2.45) is 0 Å². The molecule has 1 saturated heterocycles. The molecule has 98 valence electrons. The number of anilines is 2. The van der Waals surface area contributed by atoms with Crippen LogP contribution in [0, 0.1) is 0 Å². The van der Waals surface area contributed by atoms with Gasteiger partial charge in [0.25, 0.3) is 0 Å². The van der Waals surface area contributed by atoms with Gasteiger partial charge in [-0.05, 0) is 24.5 Å². The maximum Gasteiger partial charge on any atom is 0.0573 e. The molecular formula is C16H19N3. The first-order valence-corrected chi connectivity index (χ1v) is 6.89. The third-order valence-electron chi connectivity index (χ3n) is 3.53. The molecule has 3 nitrogen and oxygen atoms in total. The Kier molecular flexibility index (Phi) is 3.63. The first kappa shape index (κ1) is 12.0. The molecule has 2 heterocycles. The molecule has 0 unspecified atom stereocenters. The van der Waals surface area contributed by atoms with Gasteiger partial charge >= 0.3 is 0 Å². The van der Waals surface area contributed by atoms with Crippen molar-refractivity contribution in [3.63, 3.8) is 0 Å². The summed E-state index contributed by atoms with van der Waals surface area (Å²) < 4.78 is 0. The fourth-order valence-electron chi connectivity index (χ4n) is 2.47. The number of benzene rings is 1. The molecule has 3 rings (SSSR count). The van der Waals surface area contributed by atoms with E-state index in [0.29, 0.717) is 0 Å². The second-order valence-corrected chi connectivity index (χ2v) is 4.97. The second kappa shape index (κ2) is 5.74. The molecule has 0 aliphatic carbocycles. The van der Waals surface area contributed by atoms with E-state index in [0.717, 1.165) is 25.3 Å². The average Bonchev–Trinajstić information content (AvgIpc) is 3.01. The summed E-state index contributed by atoms with van der Waals surface area (Å²) in [6.45, 7) is 3.15. The number of nitrogens with one attached hydrogen (secondary N) is 1.